The molecule has 2 fully saturated rings. The number of morpholine rings is 1. The second-order valence-corrected chi connectivity index (χ2v) is 10.7. The number of hydrogen-bond acceptors (Lipinski definition) is 5. The van der Waals surface area contributed by atoms with E-state index in [1.54, 1.807) is 0 Å². The standard InChI is InChI=1S/C31H39N3O4/c1-24-7-2-3-8-26(24)20-32-21-28-9-4-5-11-29(28)38-16-6-10-27-22-34(31(36)23-32)13-12-25(27)19-30(35)33-14-17-37-18-15-33/h2-11,25,27H,12-23H2,1H3/t25-,27-/m0/s1. The second-order valence-electron chi connectivity index (χ2n) is 10.7. The number of carbonyl (C=O) groups is 2. The van der Waals surface area contributed by atoms with Gasteiger partial charge in [-0.15, -0.1) is 0 Å². The van der Waals surface area contributed by atoms with Gasteiger partial charge in [-0.25, -0.2) is 0 Å². The lowest BCUT2D eigenvalue weighted by molar-refractivity contribution is -0.138. The zero-order chi connectivity index (χ0) is 26.3. The lowest BCUT2D eigenvalue weighted by Crippen LogP contribution is -2.48. The Morgan fingerprint density at radius 3 is 2.63 bits per heavy atom. The fourth-order valence-electron chi connectivity index (χ4n) is 5.77. The van der Waals surface area contributed by atoms with E-state index in [9.17, 15) is 9.59 Å². The first kappa shape index (κ1) is 26.4. The first-order valence-corrected chi connectivity index (χ1v) is 13.8. The molecule has 7 nitrogen and oxygen atoms in total. The van der Waals surface area contributed by atoms with E-state index in [2.05, 4.69) is 48.2 Å². The molecule has 2 bridgehead atoms. The van der Waals surface area contributed by atoms with Crippen LogP contribution in [0.2, 0.25) is 0 Å². The third kappa shape index (κ3) is 6.63. The molecule has 2 amide bonds. The van der Waals surface area contributed by atoms with Gasteiger partial charge >= 0.3 is 0 Å². The largest absolute Gasteiger partial charge is 0.489 e. The summed E-state index contributed by atoms with van der Waals surface area (Å²) < 4.78 is 11.6. The zero-order valence-electron chi connectivity index (χ0n) is 22.4. The molecule has 7 heteroatoms. The number of fused-ring (bicyclic) bond motifs is 3. The van der Waals surface area contributed by atoms with Gasteiger partial charge in [0.15, 0.2) is 0 Å². The van der Waals surface area contributed by atoms with Gasteiger partial charge in [-0.1, -0.05) is 54.6 Å². The number of piperidine rings is 1. The highest BCUT2D eigenvalue weighted by Gasteiger charge is 2.33. The average Bonchev–Trinajstić information content (AvgIpc) is 2.94. The van der Waals surface area contributed by atoms with Crippen molar-refractivity contribution in [2.75, 3.05) is 52.5 Å². The Hall–Kier alpha value is -3.16. The second kappa shape index (κ2) is 12.6. The molecule has 5 rings (SSSR count). The van der Waals surface area contributed by atoms with Gasteiger partial charge in [-0.3, -0.25) is 14.5 Å². The van der Waals surface area contributed by atoms with Crippen molar-refractivity contribution in [3.05, 3.63) is 77.4 Å². The summed E-state index contributed by atoms with van der Waals surface area (Å²) in [5.41, 5.74) is 3.53. The molecule has 0 aromatic heterocycles. The molecule has 202 valence electrons. The minimum absolute atomic E-state index is 0.127. The van der Waals surface area contributed by atoms with Crippen LogP contribution in [0.4, 0.5) is 0 Å². The maximum atomic E-state index is 13.6. The van der Waals surface area contributed by atoms with Crippen LogP contribution in [0, 0.1) is 18.8 Å². The fourth-order valence-corrected chi connectivity index (χ4v) is 5.77. The van der Waals surface area contributed by atoms with Crippen LogP contribution < -0.4 is 4.74 Å². The normalized spacial score (nSPS) is 23.0. The van der Waals surface area contributed by atoms with Crippen LogP contribution in [0.15, 0.2) is 60.7 Å². The monoisotopic (exact) mass is 517 g/mol. The minimum Gasteiger partial charge on any atom is -0.489 e. The van der Waals surface area contributed by atoms with E-state index in [0.29, 0.717) is 72.1 Å². The Labute approximate surface area is 226 Å². The highest BCUT2D eigenvalue weighted by molar-refractivity contribution is 5.79. The molecule has 38 heavy (non-hydrogen) atoms. The van der Waals surface area contributed by atoms with E-state index in [0.717, 1.165) is 17.7 Å². The smallest absolute Gasteiger partial charge is 0.236 e. The number of hydrogen-bond donors (Lipinski definition) is 0. The van der Waals surface area contributed by atoms with Gasteiger partial charge in [-0.05, 0) is 42.4 Å². The molecular formula is C31H39N3O4. The van der Waals surface area contributed by atoms with Crippen molar-refractivity contribution in [1.29, 1.82) is 0 Å². The molecule has 2 aromatic rings. The van der Waals surface area contributed by atoms with Crippen molar-refractivity contribution in [2.24, 2.45) is 11.8 Å². The molecule has 0 N–H and O–H groups in total. The first-order chi connectivity index (χ1) is 18.6. The quantitative estimate of drug-likeness (QED) is 0.580. The van der Waals surface area contributed by atoms with Crippen LogP contribution >= 0.6 is 0 Å². The van der Waals surface area contributed by atoms with Crippen molar-refractivity contribution >= 4 is 11.8 Å². The summed E-state index contributed by atoms with van der Waals surface area (Å²) in [6, 6.07) is 16.5. The summed E-state index contributed by atoms with van der Waals surface area (Å²) in [5.74, 6) is 1.53. The molecule has 3 aliphatic heterocycles. The highest BCUT2D eigenvalue weighted by atomic mass is 16.5. The van der Waals surface area contributed by atoms with Crippen LogP contribution in [0.1, 0.15) is 29.5 Å². The predicted octanol–water partition coefficient (Wildman–Crippen LogP) is 3.66. The topological polar surface area (TPSA) is 62.3 Å². The number of carbonyl (C=O) groups excluding carboxylic acids is 2. The van der Waals surface area contributed by atoms with Gasteiger partial charge in [0.2, 0.25) is 11.8 Å². The Morgan fingerprint density at radius 2 is 1.79 bits per heavy atom. The van der Waals surface area contributed by atoms with Crippen molar-refractivity contribution in [2.45, 2.75) is 32.9 Å². The summed E-state index contributed by atoms with van der Waals surface area (Å²) in [6.45, 7) is 8.14. The SMILES string of the molecule is Cc1ccccc1CN1CC(=O)N2CC[C@@H](CC(=O)N3CCOCC3)[C@@H](C=CCOc3ccccc3C1)C2. The molecule has 3 heterocycles. The van der Waals surface area contributed by atoms with Gasteiger partial charge in [0.25, 0.3) is 0 Å². The molecule has 3 aliphatic rings. The molecule has 0 unspecified atom stereocenters. The summed E-state index contributed by atoms with van der Waals surface area (Å²) in [4.78, 5) is 32.8. The Morgan fingerprint density at radius 1 is 1.00 bits per heavy atom. The molecule has 2 aromatic carbocycles. The number of aryl methyl sites for hydroxylation is 1. The van der Waals surface area contributed by atoms with Crippen molar-refractivity contribution < 1.29 is 19.1 Å². The first-order valence-electron chi connectivity index (χ1n) is 13.8. The fraction of sp³-hybridized carbons (Fsp3) is 0.484. The number of para-hydroxylation sites is 1. The maximum absolute atomic E-state index is 13.6. The lowest BCUT2D eigenvalue weighted by atomic mass is 9.82. The van der Waals surface area contributed by atoms with Crippen LogP contribution in [0.5, 0.6) is 5.75 Å². The lowest BCUT2D eigenvalue weighted by Gasteiger charge is -2.39. The Balaban J connectivity index is 1.35. The number of rotatable bonds is 4. The zero-order valence-corrected chi connectivity index (χ0v) is 22.4. The van der Waals surface area contributed by atoms with Crippen LogP contribution in [-0.4, -0.2) is 79.1 Å². The van der Waals surface area contributed by atoms with Gasteiger partial charge in [0.05, 0.1) is 19.8 Å². The van der Waals surface area contributed by atoms with E-state index in [4.69, 9.17) is 9.47 Å². The molecule has 2 atom stereocenters. The van der Waals surface area contributed by atoms with Crippen LogP contribution in [-0.2, 0) is 27.4 Å². The molecule has 0 saturated carbocycles. The number of ether oxygens (including phenoxy) is 2. The molecule has 0 radical (unpaired) electrons. The van der Waals surface area contributed by atoms with Gasteiger partial charge in [-0.2, -0.15) is 0 Å². The number of nitrogens with zero attached hydrogens (tertiary/aromatic N) is 3. The third-order valence-corrected chi connectivity index (χ3v) is 8.06. The predicted molar refractivity (Wildman–Crippen MR) is 147 cm³/mol. The van der Waals surface area contributed by atoms with Crippen molar-refractivity contribution in [3.63, 3.8) is 0 Å². The van der Waals surface area contributed by atoms with E-state index in [1.165, 1.54) is 11.1 Å². The van der Waals surface area contributed by atoms with E-state index in [-0.39, 0.29) is 23.7 Å². The summed E-state index contributed by atoms with van der Waals surface area (Å²) in [6.07, 6.45) is 5.57. The van der Waals surface area contributed by atoms with Gasteiger partial charge in [0, 0.05) is 51.3 Å². The molecular weight excluding hydrogens is 478 g/mol. The molecule has 0 spiro atoms. The van der Waals surface area contributed by atoms with Crippen LogP contribution in [0.3, 0.4) is 0 Å². The van der Waals surface area contributed by atoms with Gasteiger partial charge < -0.3 is 19.3 Å². The van der Waals surface area contributed by atoms with Crippen molar-refractivity contribution in [1.82, 2.24) is 14.7 Å². The third-order valence-electron chi connectivity index (χ3n) is 8.06. The van der Waals surface area contributed by atoms with Gasteiger partial charge in [0.1, 0.15) is 12.4 Å². The van der Waals surface area contributed by atoms with Crippen LogP contribution in [0.25, 0.3) is 0 Å². The van der Waals surface area contributed by atoms with Crippen molar-refractivity contribution in [3.8, 4) is 5.75 Å². The Kier molecular flexibility index (Phi) is 8.76. The number of amides is 2. The minimum atomic E-state index is 0.127. The van der Waals surface area contributed by atoms with E-state index in [1.807, 2.05) is 34.1 Å². The highest BCUT2D eigenvalue weighted by Crippen LogP contribution is 2.30. The van der Waals surface area contributed by atoms with E-state index < -0.39 is 0 Å². The Bertz CT molecular complexity index is 1140. The molecule has 2 saturated heterocycles. The van der Waals surface area contributed by atoms with E-state index >= 15 is 0 Å². The molecule has 0 aliphatic carbocycles. The summed E-state index contributed by atoms with van der Waals surface area (Å²) in [7, 11) is 0. The summed E-state index contributed by atoms with van der Waals surface area (Å²) >= 11 is 0. The summed E-state index contributed by atoms with van der Waals surface area (Å²) in [5, 5.41) is 0. The average molecular weight is 518 g/mol. The number of benzene rings is 2. The maximum Gasteiger partial charge on any atom is 0.236 e.